The van der Waals surface area contributed by atoms with Crippen LogP contribution < -0.4 is 10.1 Å². The third-order valence-corrected chi connectivity index (χ3v) is 5.91. The monoisotopic (exact) mass is 423 g/mol. The minimum Gasteiger partial charge on any atom is -0.497 e. The zero-order chi connectivity index (χ0) is 22.8. The van der Waals surface area contributed by atoms with Crippen molar-refractivity contribution in [2.75, 3.05) is 20.7 Å². The molecule has 164 valence electrons. The Morgan fingerprint density at radius 1 is 1.13 bits per heavy atom. The van der Waals surface area contributed by atoms with Gasteiger partial charge in [-0.3, -0.25) is 14.5 Å². The van der Waals surface area contributed by atoms with Crippen LogP contribution in [0.3, 0.4) is 0 Å². The van der Waals surface area contributed by atoms with E-state index < -0.39 is 17.5 Å². The number of nitrogens with one attached hydrogen (secondary N) is 1. The number of imide groups is 1. The first-order valence-corrected chi connectivity index (χ1v) is 10.3. The van der Waals surface area contributed by atoms with Gasteiger partial charge in [0.2, 0.25) is 5.91 Å². The van der Waals surface area contributed by atoms with E-state index in [4.69, 9.17) is 4.74 Å². The number of likely N-dealkylation sites (N-methyl/N-ethyl adjacent to an activating group) is 1. The molecule has 0 aromatic heterocycles. The van der Waals surface area contributed by atoms with Crippen LogP contribution in [0.2, 0.25) is 0 Å². The van der Waals surface area contributed by atoms with Crippen LogP contribution in [0.25, 0.3) is 0 Å². The largest absolute Gasteiger partial charge is 0.497 e. The molecule has 31 heavy (non-hydrogen) atoms. The van der Waals surface area contributed by atoms with Gasteiger partial charge >= 0.3 is 6.03 Å². The van der Waals surface area contributed by atoms with Crippen LogP contribution in [0.15, 0.2) is 42.5 Å². The predicted molar refractivity (Wildman–Crippen MR) is 118 cm³/mol. The lowest BCUT2D eigenvalue weighted by atomic mass is 9.87. The predicted octanol–water partition coefficient (Wildman–Crippen LogP) is 3.13. The summed E-state index contributed by atoms with van der Waals surface area (Å²) in [6, 6.07) is 12.5. The smallest absolute Gasteiger partial charge is 0.325 e. The van der Waals surface area contributed by atoms with Crippen molar-refractivity contribution in [2.24, 2.45) is 0 Å². The van der Waals surface area contributed by atoms with E-state index in [2.05, 4.69) is 11.4 Å². The number of urea groups is 1. The SMILES string of the molecule is CC[C@@]1(c2ccc(OC)cc2)NC(=O)N(CC(=O)N(C)Cc2ccc(C)cc2C)C1=O. The number of methoxy groups -OCH3 is 1. The summed E-state index contributed by atoms with van der Waals surface area (Å²) >= 11 is 0. The molecular formula is C24H29N3O4. The number of rotatable bonds is 7. The summed E-state index contributed by atoms with van der Waals surface area (Å²) in [7, 11) is 3.24. The molecule has 2 aromatic rings. The van der Waals surface area contributed by atoms with Gasteiger partial charge in [0, 0.05) is 13.6 Å². The Kier molecular flexibility index (Phi) is 6.34. The molecule has 1 aliphatic heterocycles. The number of amides is 4. The summed E-state index contributed by atoms with van der Waals surface area (Å²) in [4.78, 5) is 41.3. The quantitative estimate of drug-likeness (QED) is 0.694. The first-order valence-electron chi connectivity index (χ1n) is 10.3. The number of aryl methyl sites for hydroxylation is 2. The third kappa shape index (κ3) is 4.26. The molecule has 1 saturated heterocycles. The molecule has 1 heterocycles. The number of benzene rings is 2. The first kappa shape index (κ1) is 22.3. The molecule has 0 aliphatic carbocycles. The van der Waals surface area contributed by atoms with Crippen LogP contribution in [0.5, 0.6) is 5.75 Å². The fourth-order valence-corrected chi connectivity index (χ4v) is 3.91. The normalized spacial score (nSPS) is 18.2. The molecule has 4 amide bonds. The fraction of sp³-hybridized carbons (Fsp3) is 0.375. The number of carbonyl (C=O) groups excluding carboxylic acids is 3. The van der Waals surface area contributed by atoms with Crippen molar-refractivity contribution >= 4 is 17.8 Å². The maximum absolute atomic E-state index is 13.3. The molecule has 0 radical (unpaired) electrons. The van der Waals surface area contributed by atoms with Gasteiger partial charge in [-0.1, -0.05) is 42.8 Å². The molecule has 1 atom stereocenters. The van der Waals surface area contributed by atoms with Crippen LogP contribution in [-0.2, 0) is 21.7 Å². The minimum atomic E-state index is -1.18. The Morgan fingerprint density at radius 2 is 1.81 bits per heavy atom. The molecule has 3 rings (SSSR count). The Hall–Kier alpha value is -3.35. The van der Waals surface area contributed by atoms with E-state index >= 15 is 0 Å². The maximum atomic E-state index is 13.3. The lowest BCUT2D eigenvalue weighted by Crippen LogP contribution is -2.45. The topological polar surface area (TPSA) is 79.0 Å². The number of carbonyl (C=O) groups is 3. The Bertz CT molecular complexity index is 1000. The van der Waals surface area contributed by atoms with Gasteiger partial charge < -0.3 is 15.0 Å². The zero-order valence-electron chi connectivity index (χ0n) is 18.7. The van der Waals surface area contributed by atoms with Crippen LogP contribution in [0.1, 0.15) is 35.6 Å². The van der Waals surface area contributed by atoms with Crippen molar-refractivity contribution < 1.29 is 19.1 Å². The van der Waals surface area contributed by atoms with Crippen LogP contribution in [0.4, 0.5) is 4.79 Å². The number of hydrogen-bond donors (Lipinski definition) is 1. The van der Waals surface area contributed by atoms with E-state index in [0.29, 0.717) is 24.3 Å². The second kappa shape index (κ2) is 8.79. The molecule has 0 bridgehead atoms. The highest BCUT2D eigenvalue weighted by Gasteiger charge is 2.51. The van der Waals surface area contributed by atoms with Crippen LogP contribution in [-0.4, -0.2) is 48.3 Å². The molecule has 0 saturated carbocycles. The molecule has 0 spiro atoms. The average Bonchev–Trinajstić information content (AvgIpc) is 3.00. The van der Waals surface area contributed by atoms with Crippen molar-refractivity contribution in [3.63, 3.8) is 0 Å². The molecule has 1 aliphatic rings. The Morgan fingerprint density at radius 3 is 2.39 bits per heavy atom. The standard InChI is InChI=1S/C24H29N3O4/c1-6-24(19-9-11-20(31-5)12-10-19)22(29)27(23(30)25-24)15-21(28)26(4)14-18-8-7-16(2)13-17(18)3/h7-13H,6,14-15H2,1-5H3,(H,25,30)/t24-/m0/s1. The van der Waals surface area contributed by atoms with Gasteiger partial charge in [-0.05, 0) is 49.1 Å². The Labute approximate surface area is 183 Å². The minimum absolute atomic E-state index is 0.301. The summed E-state index contributed by atoms with van der Waals surface area (Å²) in [6.07, 6.45) is 0.368. The highest BCUT2D eigenvalue weighted by atomic mass is 16.5. The molecule has 1 N–H and O–H groups in total. The third-order valence-electron chi connectivity index (χ3n) is 5.91. The van der Waals surface area contributed by atoms with Gasteiger partial charge in [0.25, 0.3) is 5.91 Å². The lowest BCUT2D eigenvalue weighted by molar-refractivity contribution is -0.138. The van der Waals surface area contributed by atoms with Gasteiger partial charge in [-0.25, -0.2) is 4.79 Å². The summed E-state index contributed by atoms with van der Waals surface area (Å²) in [5.41, 5.74) is 2.76. The van der Waals surface area contributed by atoms with Crippen LogP contribution >= 0.6 is 0 Å². The highest BCUT2D eigenvalue weighted by molar-refractivity contribution is 6.09. The van der Waals surface area contributed by atoms with Crippen LogP contribution in [0, 0.1) is 13.8 Å². The molecule has 1 fully saturated rings. The van der Waals surface area contributed by atoms with Gasteiger partial charge in [-0.2, -0.15) is 0 Å². The molecule has 7 heteroatoms. The summed E-state index contributed by atoms with van der Waals surface area (Å²) in [5.74, 6) is -0.0598. The molecule has 7 nitrogen and oxygen atoms in total. The van der Waals surface area contributed by atoms with Gasteiger partial charge in [0.1, 0.15) is 17.8 Å². The highest BCUT2D eigenvalue weighted by Crippen LogP contribution is 2.33. The second-order valence-electron chi connectivity index (χ2n) is 7.99. The van der Waals surface area contributed by atoms with E-state index in [-0.39, 0.29) is 12.5 Å². The molecule has 0 unspecified atom stereocenters. The number of hydrogen-bond acceptors (Lipinski definition) is 4. The van der Waals surface area contributed by atoms with E-state index in [1.165, 1.54) is 4.90 Å². The summed E-state index contributed by atoms with van der Waals surface area (Å²) in [6.45, 7) is 5.96. The van der Waals surface area contributed by atoms with E-state index in [1.54, 1.807) is 38.4 Å². The number of nitrogens with zero attached hydrogens (tertiary/aromatic N) is 2. The summed E-state index contributed by atoms with van der Waals surface area (Å²) < 4.78 is 5.18. The van der Waals surface area contributed by atoms with Crippen molar-refractivity contribution in [1.29, 1.82) is 0 Å². The first-order chi connectivity index (χ1) is 14.7. The number of ether oxygens (including phenoxy) is 1. The average molecular weight is 424 g/mol. The maximum Gasteiger partial charge on any atom is 0.325 e. The van der Waals surface area contributed by atoms with Crippen molar-refractivity contribution in [1.82, 2.24) is 15.1 Å². The van der Waals surface area contributed by atoms with Gasteiger partial charge in [0.15, 0.2) is 0 Å². The lowest BCUT2D eigenvalue weighted by Gasteiger charge is -2.26. The zero-order valence-corrected chi connectivity index (χ0v) is 18.7. The van der Waals surface area contributed by atoms with Gasteiger partial charge in [-0.15, -0.1) is 0 Å². The second-order valence-corrected chi connectivity index (χ2v) is 7.99. The van der Waals surface area contributed by atoms with Crippen molar-refractivity contribution in [2.45, 2.75) is 39.3 Å². The van der Waals surface area contributed by atoms with E-state index in [0.717, 1.165) is 21.6 Å². The van der Waals surface area contributed by atoms with E-state index in [9.17, 15) is 14.4 Å². The summed E-state index contributed by atoms with van der Waals surface area (Å²) in [5, 5.41) is 2.81. The van der Waals surface area contributed by atoms with Gasteiger partial charge in [0.05, 0.1) is 7.11 Å². The fourth-order valence-electron chi connectivity index (χ4n) is 3.91. The molecule has 2 aromatic carbocycles. The Balaban J connectivity index is 1.75. The van der Waals surface area contributed by atoms with E-state index in [1.807, 2.05) is 32.9 Å². The van der Waals surface area contributed by atoms with Crippen molar-refractivity contribution in [3.8, 4) is 5.75 Å². The van der Waals surface area contributed by atoms with Crippen molar-refractivity contribution in [3.05, 3.63) is 64.7 Å². The molecular weight excluding hydrogens is 394 g/mol.